The molecule has 1 aliphatic rings. The van der Waals surface area contributed by atoms with Crippen LogP contribution in [0.2, 0.25) is 0 Å². The highest BCUT2D eigenvalue weighted by atomic mass is 16.2. The number of hydrogen-bond donors (Lipinski definition) is 2. The number of nitrogens with one attached hydrogen (secondary N) is 2. The lowest BCUT2D eigenvalue weighted by Gasteiger charge is -2.23. The number of carbonyl (C=O) groups excluding carboxylic acids is 1. The molecule has 1 heterocycles. The van der Waals surface area contributed by atoms with Crippen LogP contribution in [0.5, 0.6) is 0 Å². The molecule has 0 saturated carbocycles. The largest absolute Gasteiger partial charge is 0.325 e. The summed E-state index contributed by atoms with van der Waals surface area (Å²) in [5.74, 6) is 0.145. The molecule has 2 rings (SSSR count). The van der Waals surface area contributed by atoms with E-state index in [4.69, 9.17) is 0 Å². The van der Waals surface area contributed by atoms with Crippen molar-refractivity contribution < 1.29 is 9.69 Å². The van der Waals surface area contributed by atoms with Crippen molar-refractivity contribution in [1.82, 2.24) is 0 Å². The number of hydrogen-bond acceptors (Lipinski definition) is 1. The third-order valence-corrected chi connectivity index (χ3v) is 4.38. The van der Waals surface area contributed by atoms with Crippen LogP contribution in [0.25, 0.3) is 0 Å². The molecule has 1 aromatic carbocycles. The molecule has 1 aromatic rings. The van der Waals surface area contributed by atoms with Crippen LogP contribution in [-0.2, 0) is 11.2 Å². The Hall–Kier alpha value is -1.35. The van der Waals surface area contributed by atoms with Crippen molar-refractivity contribution in [1.29, 1.82) is 0 Å². The van der Waals surface area contributed by atoms with E-state index in [-0.39, 0.29) is 11.9 Å². The zero-order valence-electron chi connectivity index (χ0n) is 12.7. The lowest BCUT2D eigenvalue weighted by atomic mass is 10.1. The van der Waals surface area contributed by atoms with Gasteiger partial charge in [-0.25, -0.2) is 0 Å². The summed E-state index contributed by atoms with van der Waals surface area (Å²) in [5.41, 5.74) is 2.21. The highest BCUT2D eigenvalue weighted by Gasteiger charge is 2.25. The molecule has 3 nitrogen and oxygen atoms in total. The second kappa shape index (κ2) is 7.44. The maximum absolute atomic E-state index is 12.3. The molecule has 0 aliphatic carbocycles. The minimum atomic E-state index is 0.0407. The van der Waals surface area contributed by atoms with Crippen LogP contribution in [0.15, 0.2) is 24.3 Å². The van der Waals surface area contributed by atoms with E-state index in [1.807, 2.05) is 12.1 Å². The first kappa shape index (κ1) is 15.0. The lowest BCUT2D eigenvalue weighted by Crippen LogP contribution is -3.16. The van der Waals surface area contributed by atoms with E-state index in [2.05, 4.69) is 31.3 Å². The van der Waals surface area contributed by atoms with E-state index in [1.54, 1.807) is 0 Å². The Bertz CT molecular complexity index is 419. The number of aryl methyl sites for hydroxylation is 1. The first-order chi connectivity index (χ1) is 9.70. The van der Waals surface area contributed by atoms with Crippen molar-refractivity contribution in [2.45, 2.75) is 52.0 Å². The molecule has 3 heteroatoms. The zero-order valence-corrected chi connectivity index (χ0v) is 12.7. The predicted octanol–water partition coefficient (Wildman–Crippen LogP) is 2.03. The second-order valence-corrected chi connectivity index (χ2v) is 5.83. The Balaban J connectivity index is 1.92. The average molecular weight is 275 g/mol. The smallest absolute Gasteiger partial charge is 0.282 e. The Morgan fingerprint density at radius 2 is 1.75 bits per heavy atom. The highest BCUT2D eigenvalue weighted by Crippen LogP contribution is 2.10. The van der Waals surface area contributed by atoms with Gasteiger partial charge in [0.15, 0.2) is 6.04 Å². The van der Waals surface area contributed by atoms with Crippen molar-refractivity contribution in [2.24, 2.45) is 0 Å². The van der Waals surface area contributed by atoms with Crippen LogP contribution < -0.4 is 10.2 Å². The van der Waals surface area contributed by atoms with Gasteiger partial charge in [-0.2, -0.15) is 0 Å². The fourth-order valence-corrected chi connectivity index (χ4v) is 2.88. The minimum absolute atomic E-state index is 0.0407. The molecule has 1 fully saturated rings. The molecule has 1 saturated heterocycles. The Morgan fingerprint density at radius 1 is 1.15 bits per heavy atom. The van der Waals surface area contributed by atoms with Gasteiger partial charge in [-0.3, -0.25) is 4.79 Å². The van der Waals surface area contributed by atoms with Gasteiger partial charge in [0.05, 0.1) is 13.1 Å². The molecular formula is C17H27N2O+. The molecule has 0 aromatic heterocycles. The maximum Gasteiger partial charge on any atom is 0.282 e. The summed E-state index contributed by atoms with van der Waals surface area (Å²) in [7, 11) is 0. The summed E-state index contributed by atoms with van der Waals surface area (Å²) in [4.78, 5) is 13.8. The van der Waals surface area contributed by atoms with Gasteiger partial charge in [-0.1, -0.05) is 19.1 Å². The van der Waals surface area contributed by atoms with Crippen LogP contribution >= 0.6 is 0 Å². The van der Waals surface area contributed by atoms with E-state index in [0.717, 1.165) is 25.2 Å². The predicted molar refractivity (Wildman–Crippen MR) is 83.1 cm³/mol. The number of benzene rings is 1. The molecule has 0 spiro atoms. The lowest BCUT2D eigenvalue weighted by molar-refractivity contribution is -0.913. The van der Waals surface area contributed by atoms with Crippen LogP contribution in [0.4, 0.5) is 5.69 Å². The van der Waals surface area contributed by atoms with Crippen molar-refractivity contribution in [3.63, 3.8) is 0 Å². The standard InChI is InChI=1S/C17H26N2O/c1-3-15-8-10-16(11-9-15)18-17(20)14(2)19-12-6-4-5-7-13-19/h8-11,14H,3-7,12-13H2,1-2H3,(H,18,20)/p+1/t14-/m1/s1. The third kappa shape index (κ3) is 4.07. The number of likely N-dealkylation sites (tertiary alicyclic amines) is 1. The zero-order chi connectivity index (χ0) is 14.4. The summed E-state index contributed by atoms with van der Waals surface area (Å²) < 4.78 is 0. The first-order valence-corrected chi connectivity index (χ1v) is 7.95. The number of rotatable bonds is 4. The summed E-state index contributed by atoms with van der Waals surface area (Å²) >= 11 is 0. The number of carbonyl (C=O) groups is 1. The van der Waals surface area contributed by atoms with E-state index < -0.39 is 0 Å². The fraction of sp³-hybridized carbons (Fsp3) is 0.588. The molecule has 0 bridgehead atoms. The molecule has 0 unspecified atom stereocenters. The van der Waals surface area contributed by atoms with Crippen LogP contribution in [0, 0.1) is 0 Å². The van der Waals surface area contributed by atoms with Gasteiger partial charge >= 0.3 is 0 Å². The quantitative estimate of drug-likeness (QED) is 0.866. The maximum atomic E-state index is 12.3. The fourth-order valence-electron chi connectivity index (χ4n) is 2.88. The average Bonchev–Trinajstić information content (AvgIpc) is 2.76. The molecule has 1 amide bonds. The van der Waals surface area contributed by atoms with Gasteiger partial charge in [0.25, 0.3) is 5.91 Å². The monoisotopic (exact) mass is 275 g/mol. The summed E-state index contributed by atoms with van der Waals surface area (Å²) in [5, 5.41) is 3.05. The second-order valence-electron chi connectivity index (χ2n) is 5.83. The number of anilines is 1. The van der Waals surface area contributed by atoms with E-state index in [0.29, 0.717) is 0 Å². The normalized spacial score (nSPS) is 18.3. The Kier molecular flexibility index (Phi) is 5.60. The first-order valence-electron chi connectivity index (χ1n) is 7.95. The topological polar surface area (TPSA) is 33.5 Å². The van der Waals surface area contributed by atoms with Gasteiger partial charge in [0.1, 0.15) is 0 Å². The Morgan fingerprint density at radius 3 is 2.30 bits per heavy atom. The van der Waals surface area contributed by atoms with Gasteiger partial charge in [0.2, 0.25) is 0 Å². The molecule has 110 valence electrons. The van der Waals surface area contributed by atoms with Gasteiger partial charge < -0.3 is 10.2 Å². The van der Waals surface area contributed by atoms with Crippen LogP contribution in [0.1, 0.15) is 45.1 Å². The third-order valence-electron chi connectivity index (χ3n) is 4.38. The van der Waals surface area contributed by atoms with Crippen molar-refractivity contribution in [2.75, 3.05) is 18.4 Å². The Labute approximate surface area is 122 Å². The van der Waals surface area contributed by atoms with Gasteiger partial charge in [-0.15, -0.1) is 0 Å². The molecular weight excluding hydrogens is 248 g/mol. The molecule has 20 heavy (non-hydrogen) atoms. The molecule has 0 radical (unpaired) electrons. The molecule has 1 atom stereocenters. The highest BCUT2D eigenvalue weighted by molar-refractivity contribution is 5.93. The summed E-state index contributed by atoms with van der Waals surface area (Å²) in [6.07, 6.45) is 6.16. The SMILES string of the molecule is CCc1ccc(NC(=O)[C@@H](C)[NH+]2CCCCCC2)cc1. The van der Waals surface area contributed by atoms with Gasteiger partial charge in [0, 0.05) is 5.69 Å². The van der Waals surface area contributed by atoms with Crippen LogP contribution in [-0.4, -0.2) is 25.0 Å². The molecule has 2 N–H and O–H groups in total. The van der Waals surface area contributed by atoms with Crippen LogP contribution in [0.3, 0.4) is 0 Å². The van der Waals surface area contributed by atoms with E-state index in [1.165, 1.54) is 36.1 Å². The summed E-state index contributed by atoms with van der Waals surface area (Å²) in [6.45, 7) is 6.45. The van der Waals surface area contributed by atoms with E-state index in [9.17, 15) is 4.79 Å². The number of quaternary nitrogens is 1. The summed E-state index contributed by atoms with van der Waals surface area (Å²) in [6, 6.07) is 8.21. The van der Waals surface area contributed by atoms with Crippen molar-refractivity contribution in [3.05, 3.63) is 29.8 Å². The van der Waals surface area contributed by atoms with E-state index >= 15 is 0 Å². The van der Waals surface area contributed by atoms with Crippen molar-refractivity contribution in [3.8, 4) is 0 Å². The van der Waals surface area contributed by atoms with Crippen molar-refractivity contribution >= 4 is 11.6 Å². The van der Waals surface area contributed by atoms with Gasteiger partial charge in [-0.05, 0) is 56.7 Å². The number of amides is 1. The molecule has 1 aliphatic heterocycles. The minimum Gasteiger partial charge on any atom is -0.325 e.